The molecule has 0 saturated carbocycles. The van der Waals surface area contributed by atoms with Crippen molar-refractivity contribution in [2.24, 2.45) is 5.73 Å². The highest BCUT2D eigenvalue weighted by Gasteiger charge is 2.08. The lowest BCUT2D eigenvalue weighted by Gasteiger charge is -2.11. The maximum atomic E-state index is 11.0. The number of aliphatic carboxylic acids is 1. The summed E-state index contributed by atoms with van der Waals surface area (Å²) in [5.41, 5.74) is 10.3. The number of carboxylic acid groups (broad SMARTS) is 1. The number of aliphatic hydroxyl groups excluding tert-OH is 1. The van der Waals surface area contributed by atoms with Crippen LogP contribution in [0.25, 0.3) is 11.1 Å². The van der Waals surface area contributed by atoms with E-state index in [9.17, 15) is 4.79 Å². The van der Waals surface area contributed by atoms with E-state index < -0.39 is 5.97 Å². The first-order chi connectivity index (χ1) is 13.7. The molecule has 0 unspecified atom stereocenters. The van der Waals surface area contributed by atoms with Crippen LogP contribution in [0, 0.1) is 0 Å². The highest BCUT2D eigenvalue weighted by Crippen LogP contribution is 2.23. The van der Waals surface area contributed by atoms with Crippen LogP contribution in [0.2, 0.25) is 0 Å². The highest BCUT2D eigenvalue weighted by molar-refractivity contribution is 5.71. The molecule has 0 aliphatic carbocycles. The van der Waals surface area contributed by atoms with Gasteiger partial charge >= 0.3 is 5.97 Å². The summed E-state index contributed by atoms with van der Waals surface area (Å²) in [5.74, 6) is -0.326. The lowest BCUT2D eigenvalue weighted by atomic mass is 10.0. The molecule has 0 atom stereocenters. The Morgan fingerprint density at radius 3 is 2.54 bits per heavy atom. The Balaban J connectivity index is 0.00000136. The number of hydrogen-bond acceptors (Lipinski definition) is 5. The average molecular weight is 380 g/mol. The molecule has 1 heterocycles. The smallest absolute Gasteiger partial charge is 0.307 e. The van der Waals surface area contributed by atoms with Gasteiger partial charge < -0.3 is 20.7 Å². The monoisotopic (exact) mass is 380 g/mol. The Kier molecular flexibility index (Phi) is 8.14. The molecule has 0 bridgehead atoms. The predicted octanol–water partition coefficient (Wildman–Crippen LogP) is 3.02. The molecule has 0 amide bonds. The number of carboxylic acids is 1. The minimum atomic E-state index is -0.888. The van der Waals surface area contributed by atoms with E-state index >= 15 is 0 Å². The largest absolute Gasteiger partial charge is 0.487 e. The van der Waals surface area contributed by atoms with Crippen molar-refractivity contribution in [3.05, 3.63) is 83.7 Å². The second-order valence-electron chi connectivity index (χ2n) is 5.91. The molecule has 0 spiro atoms. The Bertz CT molecular complexity index is 912. The minimum absolute atomic E-state index is 0.0739. The summed E-state index contributed by atoms with van der Waals surface area (Å²) >= 11 is 0. The first-order valence-corrected chi connectivity index (χ1v) is 8.77. The summed E-state index contributed by atoms with van der Waals surface area (Å²) in [6.07, 6.45) is 1.67. The highest BCUT2D eigenvalue weighted by atomic mass is 16.5. The van der Waals surface area contributed by atoms with Gasteiger partial charge in [-0.25, -0.2) is 0 Å². The van der Waals surface area contributed by atoms with E-state index in [1.54, 1.807) is 24.4 Å². The molecule has 28 heavy (non-hydrogen) atoms. The van der Waals surface area contributed by atoms with E-state index in [1.165, 1.54) is 0 Å². The third kappa shape index (κ3) is 5.90. The van der Waals surface area contributed by atoms with E-state index in [4.69, 9.17) is 20.7 Å². The van der Waals surface area contributed by atoms with Crippen molar-refractivity contribution in [1.29, 1.82) is 0 Å². The Labute approximate surface area is 164 Å². The molecule has 1 aromatic heterocycles. The molecule has 146 valence electrons. The third-order valence-electron chi connectivity index (χ3n) is 4.00. The van der Waals surface area contributed by atoms with Gasteiger partial charge in [-0.15, -0.1) is 0 Å². The van der Waals surface area contributed by atoms with E-state index in [0.717, 1.165) is 29.5 Å². The average Bonchev–Trinajstić information content (AvgIpc) is 2.74. The van der Waals surface area contributed by atoms with Crippen molar-refractivity contribution in [2.75, 3.05) is 7.11 Å². The van der Waals surface area contributed by atoms with Crippen molar-refractivity contribution in [3.63, 3.8) is 0 Å². The van der Waals surface area contributed by atoms with Crippen LogP contribution in [0.15, 0.2) is 66.9 Å². The molecule has 0 saturated heterocycles. The number of para-hydroxylation sites is 1. The zero-order valence-electron chi connectivity index (χ0n) is 15.7. The molecule has 6 nitrogen and oxygen atoms in total. The van der Waals surface area contributed by atoms with Gasteiger partial charge in [0.1, 0.15) is 12.4 Å². The van der Waals surface area contributed by atoms with E-state index in [1.807, 2.05) is 36.4 Å². The topological polar surface area (TPSA) is 106 Å². The summed E-state index contributed by atoms with van der Waals surface area (Å²) in [5, 5.41) is 16.0. The fourth-order valence-corrected chi connectivity index (χ4v) is 2.72. The molecule has 4 N–H and O–H groups in total. The van der Waals surface area contributed by atoms with Crippen molar-refractivity contribution < 1.29 is 19.7 Å². The summed E-state index contributed by atoms with van der Waals surface area (Å²) in [6, 6.07) is 19.1. The Morgan fingerprint density at radius 2 is 1.79 bits per heavy atom. The van der Waals surface area contributed by atoms with Crippen LogP contribution >= 0.6 is 0 Å². The van der Waals surface area contributed by atoms with Crippen LogP contribution < -0.4 is 10.5 Å². The number of rotatable bonds is 7. The van der Waals surface area contributed by atoms with Gasteiger partial charge in [-0.3, -0.25) is 9.78 Å². The van der Waals surface area contributed by atoms with Crippen LogP contribution in [-0.2, 0) is 24.4 Å². The first kappa shape index (κ1) is 21.1. The van der Waals surface area contributed by atoms with E-state index in [-0.39, 0.29) is 13.0 Å². The maximum absolute atomic E-state index is 11.0. The molecule has 6 heteroatoms. The molecular formula is C22H24N2O4. The van der Waals surface area contributed by atoms with Crippen molar-refractivity contribution >= 4 is 5.97 Å². The second kappa shape index (κ2) is 10.8. The lowest BCUT2D eigenvalue weighted by Crippen LogP contribution is -2.05. The molecule has 0 radical (unpaired) electrons. The second-order valence-corrected chi connectivity index (χ2v) is 5.91. The van der Waals surface area contributed by atoms with Crippen molar-refractivity contribution in [2.45, 2.75) is 19.6 Å². The van der Waals surface area contributed by atoms with Gasteiger partial charge in [0.2, 0.25) is 0 Å². The summed E-state index contributed by atoms with van der Waals surface area (Å²) in [4.78, 5) is 15.3. The number of benzene rings is 2. The molecule has 0 fully saturated rings. The number of aromatic nitrogens is 1. The number of hydrogen-bond donors (Lipinski definition) is 3. The van der Waals surface area contributed by atoms with Crippen molar-refractivity contribution in [3.8, 4) is 16.9 Å². The quantitative estimate of drug-likeness (QED) is 0.582. The van der Waals surface area contributed by atoms with E-state index in [0.29, 0.717) is 17.9 Å². The van der Waals surface area contributed by atoms with Crippen LogP contribution in [0.4, 0.5) is 0 Å². The Morgan fingerprint density at radius 1 is 1.04 bits per heavy atom. The molecule has 2 aromatic carbocycles. The van der Waals surface area contributed by atoms with Crippen LogP contribution in [0.5, 0.6) is 5.75 Å². The number of nitrogens with two attached hydrogens (primary N) is 1. The van der Waals surface area contributed by atoms with Gasteiger partial charge in [0.15, 0.2) is 0 Å². The maximum Gasteiger partial charge on any atom is 0.307 e. The SMILES string of the molecule is CO.NCc1cccc(-c2ccnc(COc3ccccc3CC(=O)O)c2)c1. The van der Waals surface area contributed by atoms with E-state index in [2.05, 4.69) is 11.1 Å². The van der Waals surface area contributed by atoms with Crippen LogP contribution in [0.1, 0.15) is 16.8 Å². The summed E-state index contributed by atoms with van der Waals surface area (Å²) in [6.45, 7) is 0.760. The number of carbonyl (C=O) groups is 1. The zero-order valence-corrected chi connectivity index (χ0v) is 15.7. The zero-order chi connectivity index (χ0) is 20.4. The number of pyridine rings is 1. The molecular weight excluding hydrogens is 356 g/mol. The van der Waals surface area contributed by atoms with Gasteiger partial charge in [0.05, 0.1) is 12.1 Å². The fraction of sp³-hybridized carbons (Fsp3) is 0.182. The minimum Gasteiger partial charge on any atom is -0.487 e. The normalized spacial score (nSPS) is 9.96. The van der Waals surface area contributed by atoms with Gasteiger partial charge in [-0.1, -0.05) is 36.4 Å². The van der Waals surface area contributed by atoms with Gasteiger partial charge in [0.25, 0.3) is 0 Å². The molecule has 0 aliphatic rings. The number of ether oxygens (including phenoxy) is 1. The van der Waals surface area contributed by atoms with Gasteiger partial charge in [-0.05, 0) is 41.0 Å². The number of nitrogens with zero attached hydrogens (tertiary/aromatic N) is 1. The molecule has 3 aromatic rings. The van der Waals surface area contributed by atoms with Gasteiger partial charge in [0, 0.05) is 25.4 Å². The van der Waals surface area contributed by atoms with Crippen LogP contribution in [-0.4, -0.2) is 28.3 Å². The predicted molar refractivity (Wildman–Crippen MR) is 108 cm³/mol. The third-order valence-corrected chi connectivity index (χ3v) is 4.00. The first-order valence-electron chi connectivity index (χ1n) is 8.77. The molecule has 3 rings (SSSR count). The fourth-order valence-electron chi connectivity index (χ4n) is 2.72. The Hall–Kier alpha value is -3.22. The summed E-state index contributed by atoms with van der Waals surface area (Å²) < 4.78 is 5.81. The van der Waals surface area contributed by atoms with Crippen LogP contribution in [0.3, 0.4) is 0 Å². The van der Waals surface area contributed by atoms with Gasteiger partial charge in [-0.2, -0.15) is 0 Å². The van der Waals surface area contributed by atoms with Crippen molar-refractivity contribution in [1.82, 2.24) is 4.98 Å². The lowest BCUT2D eigenvalue weighted by molar-refractivity contribution is -0.136. The molecule has 0 aliphatic heterocycles. The summed E-state index contributed by atoms with van der Waals surface area (Å²) in [7, 11) is 1.00. The standard InChI is InChI=1S/C21H20N2O3.CH4O/c22-13-15-4-3-6-16(10-15)17-8-9-23-19(11-17)14-26-20-7-2-1-5-18(20)12-21(24)25;1-2/h1-11H,12-14,22H2,(H,24,25);2H,1H3. The number of aliphatic hydroxyl groups is 1.